The highest BCUT2D eigenvalue weighted by Gasteiger charge is 2.29. The first-order chi connectivity index (χ1) is 9.02. The molecule has 4 heteroatoms. The van der Waals surface area contributed by atoms with Crippen molar-refractivity contribution in [2.45, 2.75) is 38.8 Å². The van der Waals surface area contributed by atoms with E-state index in [1.807, 2.05) is 18.2 Å². The maximum atomic E-state index is 6.14. The molecule has 1 aromatic rings. The van der Waals surface area contributed by atoms with E-state index in [4.69, 9.17) is 17.3 Å². The number of nitrogens with zero attached hydrogens (tertiary/aromatic N) is 1. The van der Waals surface area contributed by atoms with Crippen LogP contribution in [0.3, 0.4) is 0 Å². The summed E-state index contributed by atoms with van der Waals surface area (Å²) < 4.78 is 1.10. The van der Waals surface area contributed by atoms with Crippen molar-refractivity contribution >= 4 is 27.5 Å². The Morgan fingerprint density at radius 3 is 2.84 bits per heavy atom. The van der Waals surface area contributed by atoms with Crippen LogP contribution in [0, 0.1) is 5.92 Å². The fourth-order valence-electron chi connectivity index (χ4n) is 3.10. The zero-order valence-corrected chi connectivity index (χ0v) is 13.9. The second kappa shape index (κ2) is 6.57. The third-order valence-electron chi connectivity index (χ3n) is 4.13. The Labute approximate surface area is 129 Å². The highest BCUT2D eigenvalue weighted by atomic mass is 79.9. The van der Waals surface area contributed by atoms with Gasteiger partial charge >= 0.3 is 0 Å². The van der Waals surface area contributed by atoms with Crippen LogP contribution in [0.5, 0.6) is 0 Å². The van der Waals surface area contributed by atoms with Crippen molar-refractivity contribution in [3.63, 3.8) is 0 Å². The van der Waals surface area contributed by atoms with Crippen LogP contribution in [0.15, 0.2) is 22.7 Å². The van der Waals surface area contributed by atoms with Crippen molar-refractivity contribution in [3.8, 4) is 0 Å². The Morgan fingerprint density at radius 1 is 1.47 bits per heavy atom. The monoisotopic (exact) mass is 344 g/mol. The molecular formula is C15H22BrClN2. The van der Waals surface area contributed by atoms with Gasteiger partial charge in [-0.05, 0) is 56.0 Å². The van der Waals surface area contributed by atoms with Crippen molar-refractivity contribution < 1.29 is 0 Å². The van der Waals surface area contributed by atoms with Gasteiger partial charge < -0.3 is 5.73 Å². The van der Waals surface area contributed by atoms with E-state index in [2.05, 4.69) is 34.7 Å². The van der Waals surface area contributed by atoms with Crippen molar-refractivity contribution in [2.24, 2.45) is 11.7 Å². The summed E-state index contributed by atoms with van der Waals surface area (Å²) in [5.74, 6) is 0.812. The van der Waals surface area contributed by atoms with Gasteiger partial charge in [0.25, 0.3) is 0 Å². The molecule has 1 fully saturated rings. The average molecular weight is 346 g/mol. The van der Waals surface area contributed by atoms with E-state index in [9.17, 15) is 0 Å². The lowest BCUT2D eigenvalue weighted by atomic mass is 9.90. The zero-order chi connectivity index (χ0) is 14.0. The first kappa shape index (κ1) is 15.3. The molecular weight excluding hydrogens is 324 g/mol. The molecule has 0 saturated carbocycles. The van der Waals surface area contributed by atoms with Crippen molar-refractivity contribution in [2.75, 3.05) is 13.1 Å². The minimum atomic E-state index is 0.246. The lowest BCUT2D eigenvalue weighted by Crippen LogP contribution is -2.45. The van der Waals surface area contributed by atoms with E-state index in [1.54, 1.807) is 0 Å². The van der Waals surface area contributed by atoms with Gasteiger partial charge in [0.2, 0.25) is 0 Å². The molecule has 0 spiro atoms. The molecule has 3 unspecified atom stereocenters. The summed E-state index contributed by atoms with van der Waals surface area (Å²) in [5, 5.41) is 0.773. The largest absolute Gasteiger partial charge is 0.329 e. The van der Waals surface area contributed by atoms with Gasteiger partial charge in [0, 0.05) is 28.1 Å². The zero-order valence-electron chi connectivity index (χ0n) is 11.6. The SMILES string of the molecule is CC1CCN(C(CN)c2cc(Cl)ccc2Br)C(C)C1. The fraction of sp³-hybridized carbons (Fsp3) is 0.600. The Kier molecular flexibility index (Phi) is 5.29. The number of halogens is 2. The van der Waals surface area contributed by atoms with Crippen LogP contribution in [-0.2, 0) is 0 Å². The van der Waals surface area contributed by atoms with E-state index >= 15 is 0 Å². The van der Waals surface area contributed by atoms with Crippen LogP contribution < -0.4 is 5.73 Å². The Balaban J connectivity index is 2.26. The summed E-state index contributed by atoms with van der Waals surface area (Å²) in [6.45, 7) is 6.37. The number of hydrogen-bond donors (Lipinski definition) is 1. The molecule has 2 N–H and O–H groups in total. The lowest BCUT2D eigenvalue weighted by Gasteiger charge is -2.42. The summed E-state index contributed by atoms with van der Waals surface area (Å²) >= 11 is 9.77. The van der Waals surface area contributed by atoms with Gasteiger partial charge in [-0.25, -0.2) is 0 Å². The van der Waals surface area contributed by atoms with Crippen LogP contribution >= 0.6 is 27.5 Å². The van der Waals surface area contributed by atoms with Crippen LogP contribution in [0.25, 0.3) is 0 Å². The first-order valence-corrected chi connectivity index (χ1v) is 8.10. The minimum Gasteiger partial charge on any atom is -0.329 e. The topological polar surface area (TPSA) is 29.3 Å². The molecule has 19 heavy (non-hydrogen) atoms. The van der Waals surface area contributed by atoms with Gasteiger partial charge in [-0.3, -0.25) is 4.90 Å². The van der Waals surface area contributed by atoms with Crippen LogP contribution in [0.4, 0.5) is 0 Å². The summed E-state index contributed by atoms with van der Waals surface area (Å²) in [5.41, 5.74) is 7.25. The van der Waals surface area contributed by atoms with Crippen molar-refractivity contribution in [3.05, 3.63) is 33.3 Å². The van der Waals surface area contributed by atoms with Crippen LogP contribution in [0.1, 0.15) is 38.3 Å². The molecule has 0 amide bonds. The molecule has 2 nitrogen and oxygen atoms in total. The molecule has 1 heterocycles. The molecule has 0 radical (unpaired) electrons. The number of piperidine rings is 1. The molecule has 1 aliphatic heterocycles. The second-order valence-electron chi connectivity index (χ2n) is 5.63. The minimum absolute atomic E-state index is 0.246. The molecule has 2 rings (SSSR count). The smallest absolute Gasteiger partial charge is 0.0484 e. The summed E-state index contributed by atoms with van der Waals surface area (Å²) in [4.78, 5) is 2.52. The summed E-state index contributed by atoms with van der Waals surface area (Å²) in [6, 6.07) is 6.77. The molecule has 1 aliphatic rings. The number of benzene rings is 1. The number of hydrogen-bond acceptors (Lipinski definition) is 2. The summed E-state index contributed by atoms with van der Waals surface area (Å²) in [6.07, 6.45) is 2.49. The maximum absolute atomic E-state index is 6.14. The van der Waals surface area contributed by atoms with Crippen LogP contribution in [0.2, 0.25) is 5.02 Å². The van der Waals surface area contributed by atoms with E-state index < -0.39 is 0 Å². The van der Waals surface area contributed by atoms with E-state index in [0.29, 0.717) is 12.6 Å². The van der Waals surface area contributed by atoms with Crippen molar-refractivity contribution in [1.82, 2.24) is 4.90 Å². The molecule has 3 atom stereocenters. The quantitative estimate of drug-likeness (QED) is 0.888. The average Bonchev–Trinajstić information content (AvgIpc) is 2.36. The first-order valence-electron chi connectivity index (χ1n) is 6.93. The third-order valence-corrected chi connectivity index (χ3v) is 5.09. The molecule has 106 valence electrons. The third kappa shape index (κ3) is 3.52. The van der Waals surface area contributed by atoms with Crippen LogP contribution in [-0.4, -0.2) is 24.0 Å². The van der Waals surface area contributed by atoms with Gasteiger partial charge in [0.1, 0.15) is 0 Å². The molecule has 1 saturated heterocycles. The lowest BCUT2D eigenvalue weighted by molar-refractivity contribution is 0.0844. The Morgan fingerprint density at radius 2 is 2.21 bits per heavy atom. The predicted molar refractivity (Wildman–Crippen MR) is 85.5 cm³/mol. The highest BCUT2D eigenvalue weighted by molar-refractivity contribution is 9.10. The molecule has 1 aromatic carbocycles. The Bertz CT molecular complexity index is 438. The molecule has 0 aromatic heterocycles. The number of nitrogens with two attached hydrogens (primary N) is 1. The number of likely N-dealkylation sites (tertiary alicyclic amines) is 1. The normalized spacial score (nSPS) is 26.4. The molecule has 0 aliphatic carbocycles. The highest BCUT2D eigenvalue weighted by Crippen LogP contribution is 2.34. The standard InChI is InChI=1S/C15H22BrClN2/c1-10-5-6-19(11(2)7-10)15(9-18)13-8-12(17)3-4-14(13)16/h3-4,8,10-11,15H,5-7,9,18H2,1-2H3. The predicted octanol–water partition coefficient (Wildman–Crippen LogP) is 4.22. The maximum Gasteiger partial charge on any atom is 0.0484 e. The van der Waals surface area contributed by atoms with Gasteiger partial charge in [-0.15, -0.1) is 0 Å². The van der Waals surface area contributed by atoms with E-state index in [1.165, 1.54) is 18.4 Å². The number of rotatable bonds is 3. The van der Waals surface area contributed by atoms with Gasteiger partial charge in [-0.2, -0.15) is 0 Å². The van der Waals surface area contributed by atoms with Gasteiger partial charge in [0.15, 0.2) is 0 Å². The summed E-state index contributed by atoms with van der Waals surface area (Å²) in [7, 11) is 0. The molecule has 0 bridgehead atoms. The van der Waals surface area contributed by atoms with Gasteiger partial charge in [0.05, 0.1) is 0 Å². The Hall–Kier alpha value is -0.0900. The second-order valence-corrected chi connectivity index (χ2v) is 6.92. The van der Waals surface area contributed by atoms with Crippen molar-refractivity contribution in [1.29, 1.82) is 0 Å². The van der Waals surface area contributed by atoms with Gasteiger partial charge in [-0.1, -0.05) is 34.5 Å². The van der Waals surface area contributed by atoms with E-state index in [-0.39, 0.29) is 6.04 Å². The van der Waals surface area contributed by atoms with E-state index in [0.717, 1.165) is 22.0 Å². The fourth-order valence-corrected chi connectivity index (χ4v) is 3.79.